The molecular weight excluding hydrogens is 362 g/mol. The molecule has 1 aromatic carbocycles. The lowest BCUT2D eigenvalue weighted by atomic mass is 10.2. The minimum atomic E-state index is -0.204. The van der Waals surface area contributed by atoms with Gasteiger partial charge in [-0.1, -0.05) is 35.7 Å². The minimum absolute atomic E-state index is 0.0403. The Morgan fingerprint density at radius 3 is 2.96 bits per heavy atom. The quantitative estimate of drug-likeness (QED) is 0.755. The van der Waals surface area contributed by atoms with Crippen LogP contribution in [-0.2, 0) is 9.59 Å². The van der Waals surface area contributed by atoms with Crippen molar-refractivity contribution in [2.24, 2.45) is 0 Å². The van der Waals surface area contributed by atoms with E-state index >= 15 is 0 Å². The lowest BCUT2D eigenvalue weighted by Crippen LogP contribution is -2.41. The molecule has 3 heterocycles. The molecule has 0 radical (unpaired) electrons. The maximum absolute atomic E-state index is 12.4. The van der Waals surface area contributed by atoms with Crippen LogP contribution in [0.4, 0.5) is 4.79 Å². The van der Waals surface area contributed by atoms with Gasteiger partial charge in [-0.05, 0) is 18.6 Å². The van der Waals surface area contributed by atoms with Gasteiger partial charge in [0.15, 0.2) is 5.58 Å². The Kier molecular flexibility index (Phi) is 4.43. The lowest BCUT2D eigenvalue weighted by molar-refractivity contribution is -0.129. The van der Waals surface area contributed by atoms with Crippen LogP contribution in [0, 0.1) is 0 Å². The number of imide groups is 1. The minimum Gasteiger partial charge on any atom is -0.431 e. The Balaban J connectivity index is 1.34. The molecule has 2 saturated heterocycles. The number of hydrogen-bond donors (Lipinski definition) is 0. The first-order chi connectivity index (χ1) is 12.1. The van der Waals surface area contributed by atoms with E-state index in [1.165, 1.54) is 16.7 Å². The number of nitrogens with zero attached hydrogens (tertiary/aromatic N) is 3. The number of amides is 3. The number of aromatic nitrogens is 1. The van der Waals surface area contributed by atoms with E-state index in [4.69, 9.17) is 4.42 Å². The van der Waals surface area contributed by atoms with Crippen molar-refractivity contribution >= 4 is 51.7 Å². The van der Waals surface area contributed by atoms with Gasteiger partial charge in [-0.2, -0.15) is 0 Å². The van der Waals surface area contributed by atoms with Gasteiger partial charge in [-0.15, -0.1) is 0 Å². The summed E-state index contributed by atoms with van der Waals surface area (Å²) in [6.45, 7) is 0.963. The fourth-order valence-corrected chi connectivity index (χ4v) is 4.54. The third kappa shape index (κ3) is 3.25. The summed E-state index contributed by atoms with van der Waals surface area (Å²) in [6.07, 6.45) is 0.636. The summed E-state index contributed by atoms with van der Waals surface area (Å²) >= 11 is 2.28. The number of oxazole rings is 1. The Bertz CT molecular complexity index is 804. The van der Waals surface area contributed by atoms with Gasteiger partial charge in [0.25, 0.3) is 10.5 Å². The first kappa shape index (κ1) is 16.5. The fourth-order valence-electron chi connectivity index (χ4n) is 3.02. The number of hydrogen-bond acceptors (Lipinski definition) is 7. The zero-order chi connectivity index (χ0) is 17.4. The monoisotopic (exact) mass is 377 g/mol. The van der Waals surface area contributed by atoms with Gasteiger partial charge in [0, 0.05) is 13.1 Å². The molecule has 7 nitrogen and oxygen atoms in total. The molecule has 1 unspecified atom stereocenters. The largest absolute Gasteiger partial charge is 0.431 e. The smallest absolute Gasteiger partial charge is 0.289 e. The number of carbonyl (C=O) groups is 3. The van der Waals surface area contributed by atoms with E-state index in [9.17, 15) is 14.4 Å². The Hall–Kier alpha value is -2.00. The summed E-state index contributed by atoms with van der Waals surface area (Å²) in [6, 6.07) is 7.25. The topological polar surface area (TPSA) is 83.7 Å². The third-order valence-corrected chi connectivity index (χ3v) is 5.91. The SMILES string of the molecule is O=C(CSc1nc2ccccc2o1)N1CCC(N2C(=O)CSC2=O)C1. The van der Waals surface area contributed by atoms with Crippen LogP contribution < -0.4 is 0 Å². The standard InChI is InChI=1S/C16H15N3O4S2/c20-13(8-24-15-17-11-3-1-2-4-12(11)23-15)18-6-5-10(7-18)19-14(21)9-25-16(19)22/h1-4,10H,5-9H2. The van der Waals surface area contributed by atoms with Gasteiger partial charge >= 0.3 is 0 Å². The van der Waals surface area contributed by atoms with Crippen LogP contribution in [0.3, 0.4) is 0 Å². The van der Waals surface area contributed by atoms with E-state index in [0.29, 0.717) is 30.3 Å². The second kappa shape index (κ2) is 6.72. The van der Waals surface area contributed by atoms with Crippen molar-refractivity contribution in [2.45, 2.75) is 17.7 Å². The van der Waals surface area contributed by atoms with Crippen LogP contribution in [0.5, 0.6) is 0 Å². The van der Waals surface area contributed by atoms with Crippen LogP contribution >= 0.6 is 23.5 Å². The number of rotatable bonds is 4. The van der Waals surface area contributed by atoms with Gasteiger partial charge < -0.3 is 9.32 Å². The molecule has 25 heavy (non-hydrogen) atoms. The number of para-hydroxylation sites is 2. The molecule has 2 aliphatic heterocycles. The average molecular weight is 377 g/mol. The molecule has 2 aliphatic rings. The summed E-state index contributed by atoms with van der Waals surface area (Å²) in [5.74, 6) is 0.226. The number of fused-ring (bicyclic) bond motifs is 1. The second-order valence-corrected chi connectivity index (χ2v) is 7.69. The molecule has 0 N–H and O–H groups in total. The van der Waals surface area contributed by atoms with Gasteiger partial charge in [0.1, 0.15) is 5.52 Å². The van der Waals surface area contributed by atoms with Crippen molar-refractivity contribution in [3.8, 4) is 0 Å². The van der Waals surface area contributed by atoms with E-state index in [0.717, 1.165) is 17.3 Å². The van der Waals surface area contributed by atoms with Crippen LogP contribution in [0.1, 0.15) is 6.42 Å². The van der Waals surface area contributed by atoms with E-state index < -0.39 is 0 Å². The number of carbonyl (C=O) groups excluding carboxylic acids is 3. The molecule has 1 atom stereocenters. The van der Waals surface area contributed by atoms with Gasteiger partial charge in [0.2, 0.25) is 11.8 Å². The molecule has 3 amide bonds. The van der Waals surface area contributed by atoms with Crippen molar-refractivity contribution in [3.63, 3.8) is 0 Å². The van der Waals surface area contributed by atoms with Crippen molar-refractivity contribution in [3.05, 3.63) is 24.3 Å². The van der Waals surface area contributed by atoms with Crippen LogP contribution in [0.2, 0.25) is 0 Å². The molecule has 0 aliphatic carbocycles. The highest BCUT2D eigenvalue weighted by Gasteiger charge is 2.40. The zero-order valence-electron chi connectivity index (χ0n) is 13.2. The highest BCUT2D eigenvalue weighted by atomic mass is 32.2. The van der Waals surface area contributed by atoms with E-state index in [1.807, 2.05) is 24.3 Å². The molecule has 4 rings (SSSR count). The van der Waals surface area contributed by atoms with E-state index in [2.05, 4.69) is 4.98 Å². The first-order valence-corrected chi connectivity index (χ1v) is 9.84. The highest BCUT2D eigenvalue weighted by Crippen LogP contribution is 2.27. The highest BCUT2D eigenvalue weighted by molar-refractivity contribution is 8.14. The first-order valence-electron chi connectivity index (χ1n) is 7.87. The summed E-state index contributed by atoms with van der Waals surface area (Å²) in [5, 5.41) is 0.261. The van der Waals surface area contributed by atoms with Gasteiger partial charge in [0.05, 0.1) is 17.5 Å². The molecule has 0 bridgehead atoms. The molecule has 2 aromatic rings. The maximum atomic E-state index is 12.4. The van der Waals surface area contributed by atoms with Crippen molar-refractivity contribution < 1.29 is 18.8 Å². The molecule has 130 valence electrons. The zero-order valence-corrected chi connectivity index (χ0v) is 14.8. The predicted octanol–water partition coefficient (Wildman–Crippen LogP) is 2.22. The van der Waals surface area contributed by atoms with Crippen LogP contribution in [0.15, 0.2) is 33.9 Å². The molecule has 0 spiro atoms. The van der Waals surface area contributed by atoms with Crippen LogP contribution in [-0.4, -0.2) is 62.5 Å². The Labute approximate surface area is 152 Å². The molecular formula is C16H15N3O4S2. The fraction of sp³-hybridized carbons (Fsp3) is 0.375. The normalized spacial score (nSPS) is 20.9. The van der Waals surface area contributed by atoms with Crippen molar-refractivity contribution in [2.75, 3.05) is 24.6 Å². The lowest BCUT2D eigenvalue weighted by Gasteiger charge is -2.21. The summed E-state index contributed by atoms with van der Waals surface area (Å²) in [7, 11) is 0. The number of benzene rings is 1. The van der Waals surface area contributed by atoms with Crippen LogP contribution in [0.25, 0.3) is 11.1 Å². The molecule has 9 heteroatoms. The molecule has 2 fully saturated rings. The van der Waals surface area contributed by atoms with Gasteiger partial charge in [-0.25, -0.2) is 4.98 Å². The second-order valence-electron chi connectivity index (χ2n) is 5.84. The van der Waals surface area contributed by atoms with E-state index in [1.54, 1.807) is 4.90 Å². The molecule has 0 saturated carbocycles. The third-order valence-electron chi connectivity index (χ3n) is 4.26. The van der Waals surface area contributed by atoms with Crippen molar-refractivity contribution in [1.82, 2.24) is 14.8 Å². The Morgan fingerprint density at radius 2 is 2.20 bits per heavy atom. The van der Waals surface area contributed by atoms with Gasteiger partial charge in [-0.3, -0.25) is 19.3 Å². The molecule has 1 aromatic heterocycles. The Morgan fingerprint density at radius 1 is 1.36 bits per heavy atom. The summed E-state index contributed by atoms with van der Waals surface area (Å²) < 4.78 is 5.59. The summed E-state index contributed by atoms with van der Waals surface area (Å²) in [5.41, 5.74) is 1.46. The number of likely N-dealkylation sites (tertiary alicyclic amines) is 1. The maximum Gasteiger partial charge on any atom is 0.289 e. The van der Waals surface area contributed by atoms with E-state index in [-0.39, 0.29) is 34.6 Å². The summed E-state index contributed by atoms with van der Waals surface area (Å²) in [4.78, 5) is 43.3. The predicted molar refractivity (Wildman–Crippen MR) is 94.4 cm³/mol. The number of thioether (sulfide) groups is 2. The van der Waals surface area contributed by atoms with Crippen molar-refractivity contribution in [1.29, 1.82) is 0 Å². The average Bonchev–Trinajstić information content (AvgIpc) is 3.31.